The highest BCUT2D eigenvalue weighted by molar-refractivity contribution is 6.04. The third kappa shape index (κ3) is 2.94. The Kier molecular flexibility index (Phi) is 5.37. The number of rotatable bonds is 6. The van der Waals surface area contributed by atoms with Crippen LogP contribution in [0.25, 0.3) is 0 Å². The Balaban J connectivity index is 5.14. The summed E-state index contributed by atoms with van der Waals surface area (Å²) in [6, 6.07) is 0. The molecule has 15 heavy (non-hydrogen) atoms. The summed E-state index contributed by atoms with van der Waals surface area (Å²) in [5.74, 6) is -0.993. The Morgan fingerprint density at radius 1 is 1.47 bits per heavy atom. The second-order valence-electron chi connectivity index (χ2n) is 3.29. The first-order valence-corrected chi connectivity index (χ1v) is 4.79. The first kappa shape index (κ1) is 13.4. The lowest BCUT2D eigenvalue weighted by atomic mass is 9.79. The average Bonchev–Trinajstić information content (AvgIpc) is 2.22. The largest absolute Gasteiger partial charge is 0.369 e. The first-order valence-electron chi connectivity index (χ1n) is 4.79. The number of hydrogen-bond donors (Lipinski definition) is 2. The summed E-state index contributed by atoms with van der Waals surface area (Å²) in [5, 5.41) is 2.46. The van der Waals surface area contributed by atoms with Crippen molar-refractivity contribution in [3.05, 3.63) is 24.8 Å². The van der Waals surface area contributed by atoms with Crippen LogP contribution in [0.15, 0.2) is 24.8 Å². The molecule has 0 rings (SSSR count). The molecule has 0 aliphatic rings. The summed E-state index contributed by atoms with van der Waals surface area (Å²) in [6.07, 6.45) is 5.60. The predicted octanol–water partition coefficient (Wildman–Crippen LogP) is 0.746. The van der Waals surface area contributed by atoms with Crippen molar-refractivity contribution in [1.29, 1.82) is 0 Å². The van der Waals surface area contributed by atoms with Gasteiger partial charge in [-0.25, -0.2) is 0 Å². The van der Waals surface area contributed by atoms with Crippen molar-refractivity contribution in [3.63, 3.8) is 0 Å². The van der Waals surface area contributed by atoms with E-state index in [9.17, 15) is 9.59 Å². The van der Waals surface area contributed by atoms with E-state index in [-0.39, 0.29) is 12.3 Å². The minimum Gasteiger partial charge on any atom is -0.369 e. The van der Waals surface area contributed by atoms with Gasteiger partial charge in [0, 0.05) is 7.05 Å². The van der Waals surface area contributed by atoms with Crippen LogP contribution in [0.3, 0.4) is 0 Å². The first-order chi connectivity index (χ1) is 7.05. The van der Waals surface area contributed by atoms with Gasteiger partial charge >= 0.3 is 0 Å². The molecular formula is C11H18N2O2. The molecule has 2 amide bonds. The number of nitrogens with one attached hydrogen (secondary N) is 1. The van der Waals surface area contributed by atoms with Gasteiger partial charge in [0.2, 0.25) is 11.8 Å². The minimum atomic E-state index is -1.21. The molecule has 0 aromatic rings. The van der Waals surface area contributed by atoms with Crippen LogP contribution < -0.4 is 11.1 Å². The zero-order valence-corrected chi connectivity index (χ0v) is 9.25. The molecule has 0 aliphatic heterocycles. The normalized spacial score (nSPS) is 14.5. The molecule has 0 aromatic carbocycles. The SMILES string of the molecule is C=CCC(CC=CC)(C(N)=O)C(=O)NC. The van der Waals surface area contributed by atoms with E-state index in [1.807, 2.05) is 6.92 Å². The molecular weight excluding hydrogens is 192 g/mol. The van der Waals surface area contributed by atoms with E-state index in [0.29, 0.717) is 6.42 Å². The van der Waals surface area contributed by atoms with E-state index in [2.05, 4.69) is 11.9 Å². The summed E-state index contributed by atoms with van der Waals surface area (Å²) >= 11 is 0. The summed E-state index contributed by atoms with van der Waals surface area (Å²) in [7, 11) is 1.48. The lowest BCUT2D eigenvalue weighted by Gasteiger charge is -2.26. The lowest BCUT2D eigenvalue weighted by molar-refractivity contribution is -0.141. The molecule has 0 spiro atoms. The van der Waals surface area contributed by atoms with Crippen molar-refractivity contribution < 1.29 is 9.59 Å². The standard InChI is InChI=1S/C11H18N2O2/c1-4-6-8-11(7-5-2,9(12)14)10(15)13-3/h4-6H,2,7-8H2,1,3H3,(H2,12,14)(H,13,15). The molecule has 4 heteroatoms. The second kappa shape index (κ2) is 6.01. The monoisotopic (exact) mass is 210 g/mol. The summed E-state index contributed by atoms with van der Waals surface area (Å²) in [6.45, 7) is 5.36. The molecule has 4 nitrogen and oxygen atoms in total. The van der Waals surface area contributed by atoms with Gasteiger partial charge in [0.15, 0.2) is 0 Å². The van der Waals surface area contributed by atoms with E-state index in [4.69, 9.17) is 5.73 Å². The average molecular weight is 210 g/mol. The number of allylic oxidation sites excluding steroid dienone is 3. The molecule has 0 radical (unpaired) electrons. The molecule has 0 heterocycles. The lowest BCUT2D eigenvalue weighted by Crippen LogP contribution is -2.48. The fraction of sp³-hybridized carbons (Fsp3) is 0.455. The van der Waals surface area contributed by atoms with E-state index in [0.717, 1.165) is 0 Å². The van der Waals surface area contributed by atoms with Crippen molar-refractivity contribution >= 4 is 11.8 Å². The highest BCUT2D eigenvalue weighted by Crippen LogP contribution is 2.27. The van der Waals surface area contributed by atoms with Crippen LogP contribution in [-0.4, -0.2) is 18.9 Å². The second-order valence-corrected chi connectivity index (χ2v) is 3.29. The maximum atomic E-state index is 11.7. The fourth-order valence-electron chi connectivity index (χ4n) is 1.39. The fourth-order valence-corrected chi connectivity index (χ4v) is 1.39. The summed E-state index contributed by atoms with van der Waals surface area (Å²) in [5.41, 5.74) is 4.09. The Hall–Kier alpha value is -1.58. The molecule has 0 fully saturated rings. The zero-order valence-electron chi connectivity index (χ0n) is 9.25. The molecule has 1 unspecified atom stereocenters. The van der Waals surface area contributed by atoms with Gasteiger partial charge in [-0.15, -0.1) is 6.58 Å². The number of carbonyl (C=O) groups is 2. The van der Waals surface area contributed by atoms with Crippen LogP contribution in [0, 0.1) is 5.41 Å². The summed E-state index contributed by atoms with van der Waals surface area (Å²) in [4.78, 5) is 23.1. The Labute approximate surface area is 90.2 Å². The van der Waals surface area contributed by atoms with Crippen LogP contribution in [0.4, 0.5) is 0 Å². The number of carbonyl (C=O) groups excluding carboxylic acids is 2. The highest BCUT2D eigenvalue weighted by Gasteiger charge is 2.41. The van der Waals surface area contributed by atoms with E-state index >= 15 is 0 Å². The molecule has 0 aliphatic carbocycles. The Morgan fingerprint density at radius 3 is 2.40 bits per heavy atom. The topological polar surface area (TPSA) is 72.2 Å². The van der Waals surface area contributed by atoms with Crippen molar-refractivity contribution in [3.8, 4) is 0 Å². The number of hydrogen-bond acceptors (Lipinski definition) is 2. The van der Waals surface area contributed by atoms with Gasteiger partial charge in [0.25, 0.3) is 0 Å². The van der Waals surface area contributed by atoms with E-state index in [1.165, 1.54) is 13.1 Å². The molecule has 0 saturated carbocycles. The molecule has 3 N–H and O–H groups in total. The van der Waals surface area contributed by atoms with Crippen LogP contribution >= 0.6 is 0 Å². The van der Waals surface area contributed by atoms with Crippen molar-refractivity contribution in [1.82, 2.24) is 5.32 Å². The van der Waals surface area contributed by atoms with Crippen LogP contribution in [-0.2, 0) is 9.59 Å². The molecule has 0 saturated heterocycles. The van der Waals surface area contributed by atoms with Crippen molar-refractivity contribution in [2.75, 3.05) is 7.05 Å². The number of amides is 2. The smallest absolute Gasteiger partial charge is 0.236 e. The third-order valence-corrected chi connectivity index (χ3v) is 2.33. The van der Waals surface area contributed by atoms with Crippen LogP contribution in [0.5, 0.6) is 0 Å². The molecule has 0 bridgehead atoms. The quantitative estimate of drug-likeness (QED) is 0.501. The van der Waals surface area contributed by atoms with Crippen molar-refractivity contribution in [2.24, 2.45) is 11.1 Å². The van der Waals surface area contributed by atoms with Gasteiger partial charge in [-0.2, -0.15) is 0 Å². The van der Waals surface area contributed by atoms with Gasteiger partial charge in [-0.05, 0) is 19.8 Å². The number of primary amides is 1. The van der Waals surface area contributed by atoms with Gasteiger partial charge in [-0.3, -0.25) is 9.59 Å². The molecule has 0 aromatic heterocycles. The van der Waals surface area contributed by atoms with Crippen molar-refractivity contribution in [2.45, 2.75) is 19.8 Å². The molecule has 84 valence electrons. The van der Waals surface area contributed by atoms with Crippen LogP contribution in [0.2, 0.25) is 0 Å². The Morgan fingerprint density at radius 2 is 2.07 bits per heavy atom. The maximum Gasteiger partial charge on any atom is 0.236 e. The Bertz CT molecular complexity index is 284. The van der Waals surface area contributed by atoms with Gasteiger partial charge in [-0.1, -0.05) is 18.2 Å². The summed E-state index contributed by atoms with van der Waals surface area (Å²) < 4.78 is 0. The third-order valence-electron chi connectivity index (χ3n) is 2.33. The van der Waals surface area contributed by atoms with Gasteiger partial charge in [0.05, 0.1) is 0 Å². The number of nitrogens with two attached hydrogens (primary N) is 1. The molecule has 1 atom stereocenters. The van der Waals surface area contributed by atoms with Gasteiger partial charge in [0.1, 0.15) is 5.41 Å². The van der Waals surface area contributed by atoms with Gasteiger partial charge < -0.3 is 11.1 Å². The minimum absolute atomic E-state index is 0.242. The highest BCUT2D eigenvalue weighted by atomic mass is 16.2. The zero-order chi connectivity index (χ0) is 11.9. The maximum absolute atomic E-state index is 11.7. The van der Waals surface area contributed by atoms with E-state index in [1.54, 1.807) is 12.2 Å². The van der Waals surface area contributed by atoms with E-state index < -0.39 is 11.3 Å². The van der Waals surface area contributed by atoms with Crippen LogP contribution in [0.1, 0.15) is 19.8 Å². The predicted molar refractivity (Wildman–Crippen MR) is 59.9 cm³/mol.